The van der Waals surface area contributed by atoms with Crippen molar-refractivity contribution >= 4 is 27.5 Å². The Hall–Kier alpha value is -0.770. The van der Waals surface area contributed by atoms with Crippen LogP contribution in [0.1, 0.15) is 17.4 Å². The van der Waals surface area contributed by atoms with E-state index in [0.717, 1.165) is 10.0 Å². The Kier molecular flexibility index (Phi) is 3.69. The number of furan rings is 1. The Balaban J connectivity index is 2.14. The number of aliphatic hydroxyl groups is 1. The predicted octanol–water partition coefficient (Wildman–Crippen LogP) is 3.97. The number of hydrogen-bond acceptors (Lipinski definition) is 2. The van der Waals surface area contributed by atoms with Gasteiger partial charge in [0.25, 0.3) is 0 Å². The molecule has 1 aromatic carbocycles. The van der Waals surface area contributed by atoms with E-state index in [1.807, 2.05) is 18.2 Å². The lowest BCUT2D eigenvalue weighted by molar-refractivity contribution is 0.149. The first-order chi connectivity index (χ1) is 7.66. The molecule has 1 atom stereocenters. The minimum Gasteiger partial charge on any atom is -0.465 e. The van der Waals surface area contributed by atoms with Crippen LogP contribution in [0, 0.1) is 0 Å². The summed E-state index contributed by atoms with van der Waals surface area (Å²) in [6.45, 7) is 0. The highest BCUT2D eigenvalue weighted by atomic mass is 79.9. The van der Waals surface area contributed by atoms with Gasteiger partial charge in [-0.25, -0.2) is 0 Å². The molecule has 4 heteroatoms. The van der Waals surface area contributed by atoms with Crippen LogP contribution in [0.4, 0.5) is 0 Å². The second-order valence-electron chi connectivity index (χ2n) is 3.48. The van der Waals surface area contributed by atoms with Crippen molar-refractivity contribution < 1.29 is 9.52 Å². The lowest BCUT2D eigenvalue weighted by atomic mass is 10.1. The molecule has 0 radical (unpaired) electrons. The van der Waals surface area contributed by atoms with E-state index in [-0.39, 0.29) is 0 Å². The number of hydrogen-bond donors (Lipinski definition) is 1. The summed E-state index contributed by atoms with van der Waals surface area (Å²) in [5.74, 6) is 0.542. The molecule has 1 unspecified atom stereocenters. The Morgan fingerprint density at radius 1 is 1.38 bits per heavy atom. The molecule has 0 saturated heterocycles. The molecule has 0 fully saturated rings. The summed E-state index contributed by atoms with van der Waals surface area (Å²) in [6.07, 6.45) is 1.36. The molecule has 84 valence electrons. The summed E-state index contributed by atoms with van der Waals surface area (Å²) >= 11 is 9.19. The summed E-state index contributed by atoms with van der Waals surface area (Å²) in [6, 6.07) is 9.19. The van der Waals surface area contributed by atoms with E-state index in [9.17, 15) is 5.11 Å². The largest absolute Gasteiger partial charge is 0.465 e. The lowest BCUT2D eigenvalue weighted by Gasteiger charge is -2.08. The van der Waals surface area contributed by atoms with Gasteiger partial charge in [-0.15, -0.1) is 0 Å². The zero-order valence-electron chi connectivity index (χ0n) is 8.36. The van der Waals surface area contributed by atoms with E-state index < -0.39 is 6.10 Å². The van der Waals surface area contributed by atoms with E-state index >= 15 is 0 Å². The maximum Gasteiger partial charge on any atom is 0.146 e. The topological polar surface area (TPSA) is 33.4 Å². The number of rotatable bonds is 3. The van der Waals surface area contributed by atoms with Crippen molar-refractivity contribution in [3.63, 3.8) is 0 Å². The summed E-state index contributed by atoms with van der Waals surface area (Å²) < 4.78 is 5.98. The second-order valence-corrected chi connectivity index (χ2v) is 4.77. The summed E-state index contributed by atoms with van der Waals surface area (Å²) in [5.41, 5.74) is 0.975. The molecule has 0 bridgehead atoms. The molecule has 2 nitrogen and oxygen atoms in total. The van der Waals surface area contributed by atoms with Crippen LogP contribution in [0.2, 0.25) is 5.02 Å². The van der Waals surface area contributed by atoms with Crippen molar-refractivity contribution in [3.05, 3.63) is 57.4 Å². The molecule has 0 aliphatic heterocycles. The van der Waals surface area contributed by atoms with Crippen molar-refractivity contribution in [2.45, 2.75) is 12.5 Å². The molecule has 0 amide bonds. The van der Waals surface area contributed by atoms with E-state index in [4.69, 9.17) is 16.0 Å². The minimum atomic E-state index is -0.664. The number of benzene rings is 1. The van der Waals surface area contributed by atoms with Crippen molar-refractivity contribution in [2.75, 3.05) is 0 Å². The highest BCUT2D eigenvalue weighted by molar-refractivity contribution is 9.10. The third kappa shape index (κ3) is 2.67. The molecular weight excluding hydrogens is 291 g/mol. The Bertz CT molecular complexity index is 481. The van der Waals surface area contributed by atoms with Gasteiger partial charge in [0.05, 0.1) is 10.7 Å². The van der Waals surface area contributed by atoms with Crippen LogP contribution in [0.3, 0.4) is 0 Å². The predicted molar refractivity (Wildman–Crippen MR) is 66.5 cm³/mol. The van der Waals surface area contributed by atoms with Crippen LogP contribution in [-0.2, 0) is 6.42 Å². The van der Waals surface area contributed by atoms with Gasteiger partial charge in [0.2, 0.25) is 0 Å². The van der Waals surface area contributed by atoms with Crippen LogP contribution >= 0.6 is 27.5 Å². The maximum atomic E-state index is 9.97. The average Bonchev–Trinajstić information content (AvgIpc) is 2.64. The second kappa shape index (κ2) is 5.04. The van der Waals surface area contributed by atoms with Crippen LogP contribution in [0.5, 0.6) is 0 Å². The highest BCUT2D eigenvalue weighted by Crippen LogP contribution is 2.27. The van der Waals surface area contributed by atoms with E-state index in [1.54, 1.807) is 18.4 Å². The molecule has 0 aliphatic carbocycles. The first-order valence-corrected chi connectivity index (χ1v) is 5.99. The Labute approximate surface area is 107 Å². The van der Waals surface area contributed by atoms with Gasteiger partial charge in [-0.05, 0) is 39.7 Å². The maximum absolute atomic E-state index is 9.97. The molecular formula is C12H10BrClO2. The van der Waals surface area contributed by atoms with E-state index in [0.29, 0.717) is 17.2 Å². The molecule has 1 heterocycles. The van der Waals surface area contributed by atoms with Crippen molar-refractivity contribution in [1.82, 2.24) is 0 Å². The van der Waals surface area contributed by atoms with Gasteiger partial charge in [0.15, 0.2) is 0 Å². The summed E-state index contributed by atoms with van der Waals surface area (Å²) in [7, 11) is 0. The molecule has 16 heavy (non-hydrogen) atoms. The Morgan fingerprint density at radius 2 is 2.19 bits per heavy atom. The smallest absolute Gasteiger partial charge is 0.146 e. The molecule has 0 spiro atoms. The van der Waals surface area contributed by atoms with Gasteiger partial charge in [0, 0.05) is 11.4 Å². The quantitative estimate of drug-likeness (QED) is 0.930. The van der Waals surface area contributed by atoms with Gasteiger partial charge >= 0.3 is 0 Å². The van der Waals surface area contributed by atoms with Crippen molar-refractivity contribution in [3.8, 4) is 0 Å². The van der Waals surface area contributed by atoms with Gasteiger partial charge in [-0.2, -0.15) is 0 Å². The monoisotopic (exact) mass is 300 g/mol. The molecule has 2 rings (SSSR count). The molecule has 1 N–H and O–H groups in total. The van der Waals surface area contributed by atoms with Gasteiger partial charge in [-0.1, -0.05) is 23.7 Å². The highest BCUT2D eigenvalue weighted by Gasteiger charge is 2.15. The molecule has 1 aromatic heterocycles. The van der Waals surface area contributed by atoms with Gasteiger partial charge in [-0.3, -0.25) is 0 Å². The van der Waals surface area contributed by atoms with E-state index in [2.05, 4.69) is 15.9 Å². The Morgan fingerprint density at radius 3 is 2.81 bits per heavy atom. The standard InChI is InChI=1S/C12H10BrClO2/c13-10-4-5-16-12(10)11(15)7-8-2-1-3-9(14)6-8/h1-6,11,15H,7H2. The average molecular weight is 302 g/mol. The fourth-order valence-corrected chi connectivity index (χ4v) is 2.20. The van der Waals surface area contributed by atoms with Crippen LogP contribution in [-0.4, -0.2) is 5.11 Å². The van der Waals surface area contributed by atoms with Gasteiger partial charge in [0.1, 0.15) is 11.9 Å². The number of aliphatic hydroxyl groups excluding tert-OH is 1. The first kappa shape index (κ1) is 11.7. The fourth-order valence-electron chi connectivity index (χ4n) is 1.52. The lowest BCUT2D eigenvalue weighted by Crippen LogP contribution is -2.01. The summed E-state index contributed by atoms with van der Waals surface area (Å²) in [4.78, 5) is 0. The molecule has 0 saturated carbocycles. The van der Waals surface area contributed by atoms with Crippen LogP contribution in [0.25, 0.3) is 0 Å². The summed E-state index contributed by atoms with van der Waals surface area (Å²) in [5, 5.41) is 10.6. The third-order valence-electron chi connectivity index (χ3n) is 2.27. The zero-order valence-corrected chi connectivity index (χ0v) is 10.7. The van der Waals surface area contributed by atoms with Crippen LogP contribution < -0.4 is 0 Å². The van der Waals surface area contributed by atoms with Gasteiger partial charge < -0.3 is 9.52 Å². The normalized spacial score (nSPS) is 12.7. The third-order valence-corrected chi connectivity index (χ3v) is 3.16. The van der Waals surface area contributed by atoms with E-state index in [1.165, 1.54) is 0 Å². The zero-order chi connectivity index (χ0) is 11.5. The van der Waals surface area contributed by atoms with Crippen molar-refractivity contribution in [2.24, 2.45) is 0 Å². The first-order valence-electron chi connectivity index (χ1n) is 4.82. The number of halogens is 2. The SMILES string of the molecule is OC(Cc1cccc(Cl)c1)c1occc1Br. The fraction of sp³-hybridized carbons (Fsp3) is 0.167. The molecule has 0 aliphatic rings. The van der Waals surface area contributed by atoms with Crippen molar-refractivity contribution in [1.29, 1.82) is 0 Å². The molecule has 2 aromatic rings. The van der Waals surface area contributed by atoms with Crippen LogP contribution in [0.15, 0.2) is 45.5 Å². The minimum absolute atomic E-state index is 0.479.